The summed E-state index contributed by atoms with van der Waals surface area (Å²) in [4.78, 5) is 41.8. The predicted octanol–water partition coefficient (Wildman–Crippen LogP) is 3.51. The smallest absolute Gasteiger partial charge is 0.295 e. The van der Waals surface area contributed by atoms with Crippen LogP contribution in [0.1, 0.15) is 61.6 Å². The first-order valence-corrected chi connectivity index (χ1v) is 15.0. The highest BCUT2D eigenvalue weighted by Crippen LogP contribution is 2.43. The molecule has 2 aliphatic rings. The highest BCUT2D eigenvalue weighted by Gasteiger charge is 2.33. The fourth-order valence-electron chi connectivity index (χ4n) is 4.78. The van der Waals surface area contributed by atoms with Crippen LogP contribution >= 0.6 is 0 Å². The highest BCUT2D eigenvalue weighted by atomic mass is 32.2. The molecule has 0 spiro atoms. The Morgan fingerprint density at radius 3 is 2.55 bits per heavy atom. The zero-order valence-corrected chi connectivity index (χ0v) is 22.5. The Labute approximate surface area is 221 Å². The van der Waals surface area contributed by atoms with E-state index < -0.39 is 9.52 Å². The minimum Gasteiger partial charge on any atom is -0.360 e. The highest BCUT2D eigenvalue weighted by molar-refractivity contribution is 7.99. The summed E-state index contributed by atoms with van der Waals surface area (Å²) in [5.74, 6) is 5.28. The van der Waals surface area contributed by atoms with E-state index in [1.807, 2.05) is 6.92 Å². The summed E-state index contributed by atoms with van der Waals surface area (Å²) in [6.45, 7) is 4.30. The molecule has 0 amide bonds. The van der Waals surface area contributed by atoms with E-state index in [-0.39, 0.29) is 24.0 Å². The SMILES string of the molecule is C=S(C)(=O)c1ccc(CNc2nc3cnc(-c4c(C)ncnc4C4CC4)nc3n([C@@H](C)C3CC3)c2=O)nc1. The predicted molar refractivity (Wildman–Crippen MR) is 148 cm³/mol. The molecule has 11 heteroatoms. The minimum absolute atomic E-state index is 0.0282. The quantitative estimate of drug-likeness (QED) is 0.340. The van der Waals surface area contributed by atoms with Crippen LogP contribution in [0.3, 0.4) is 0 Å². The van der Waals surface area contributed by atoms with Crippen LogP contribution in [0.2, 0.25) is 0 Å². The van der Waals surface area contributed by atoms with Crippen LogP contribution < -0.4 is 10.9 Å². The number of nitrogens with one attached hydrogen (secondary N) is 1. The average molecular weight is 531 g/mol. The number of hydrogen-bond donors (Lipinski definition) is 1. The van der Waals surface area contributed by atoms with Crippen LogP contribution in [0.4, 0.5) is 5.82 Å². The molecule has 2 aliphatic carbocycles. The molecule has 0 saturated heterocycles. The van der Waals surface area contributed by atoms with Gasteiger partial charge in [-0.1, -0.05) is 0 Å². The Hall–Kier alpha value is -3.73. The molecule has 2 fully saturated rings. The van der Waals surface area contributed by atoms with E-state index in [2.05, 4.69) is 43.0 Å². The Balaban J connectivity index is 1.40. The number of anilines is 1. The van der Waals surface area contributed by atoms with Crippen molar-refractivity contribution in [2.24, 2.45) is 5.92 Å². The van der Waals surface area contributed by atoms with E-state index in [0.717, 1.165) is 42.6 Å². The average Bonchev–Trinajstić information content (AvgIpc) is 3.80. The molecule has 0 bridgehead atoms. The van der Waals surface area contributed by atoms with E-state index >= 15 is 0 Å². The first-order valence-electron chi connectivity index (χ1n) is 12.8. The summed E-state index contributed by atoms with van der Waals surface area (Å²) >= 11 is 0. The van der Waals surface area contributed by atoms with Crippen molar-refractivity contribution in [1.82, 2.24) is 34.5 Å². The summed E-state index contributed by atoms with van der Waals surface area (Å²) in [7, 11) is -2.34. The summed E-state index contributed by atoms with van der Waals surface area (Å²) in [6.07, 6.45) is 10.8. The van der Waals surface area contributed by atoms with E-state index in [9.17, 15) is 9.00 Å². The fraction of sp³-hybridized carbons (Fsp3) is 0.407. The fourth-order valence-corrected chi connectivity index (χ4v) is 5.42. The first kappa shape index (κ1) is 24.6. The van der Waals surface area contributed by atoms with Gasteiger partial charge in [0, 0.05) is 29.3 Å². The molecule has 10 nitrogen and oxygen atoms in total. The molecule has 0 aliphatic heterocycles. The lowest BCUT2D eigenvalue weighted by molar-refractivity contribution is 0.482. The largest absolute Gasteiger partial charge is 0.360 e. The van der Waals surface area contributed by atoms with Gasteiger partial charge in [0.1, 0.15) is 11.8 Å². The molecule has 2 atom stereocenters. The zero-order chi connectivity index (χ0) is 26.6. The monoisotopic (exact) mass is 530 g/mol. The zero-order valence-electron chi connectivity index (χ0n) is 21.7. The third-order valence-electron chi connectivity index (χ3n) is 7.33. The van der Waals surface area contributed by atoms with Gasteiger partial charge in [-0.3, -0.25) is 18.6 Å². The molecule has 6 rings (SSSR count). The third-order valence-corrected chi connectivity index (χ3v) is 8.57. The Bertz CT molecular complexity index is 1710. The summed E-state index contributed by atoms with van der Waals surface area (Å²) in [5, 5.41) is 3.15. The number of hydrogen-bond acceptors (Lipinski definition) is 9. The van der Waals surface area contributed by atoms with Gasteiger partial charge in [-0.15, -0.1) is 0 Å². The standard InChI is InChI=1S/C27H30N8O2S/c1-15-22(23(18-7-8-18)32-14-31-15)24-30-13-21-26(34-24)35(16(2)17-5-6-17)27(36)25(33-21)29-11-19-9-10-20(12-28-19)38(3,4)37/h9-10,12-14,16-18H,3,5-8,11H2,1-2,4H3,(H,29,33)/t16-,38?/m0/s1. The second kappa shape index (κ2) is 9.23. The van der Waals surface area contributed by atoms with Crippen molar-refractivity contribution in [2.75, 3.05) is 11.6 Å². The van der Waals surface area contributed by atoms with Crippen LogP contribution in [-0.4, -0.2) is 50.8 Å². The topological polar surface area (TPSA) is 128 Å². The molecule has 4 aromatic rings. The van der Waals surface area contributed by atoms with Crippen molar-refractivity contribution < 1.29 is 4.21 Å². The number of fused-ring (bicyclic) bond motifs is 1. The van der Waals surface area contributed by atoms with Crippen LogP contribution in [0.25, 0.3) is 22.6 Å². The molecule has 0 radical (unpaired) electrons. The molecule has 1 N–H and O–H groups in total. The van der Waals surface area contributed by atoms with Gasteiger partial charge in [-0.2, -0.15) is 0 Å². The van der Waals surface area contributed by atoms with Crippen molar-refractivity contribution in [1.29, 1.82) is 0 Å². The second-order valence-electron chi connectivity index (χ2n) is 10.5. The summed E-state index contributed by atoms with van der Waals surface area (Å²) in [5.41, 5.74) is 4.18. The summed E-state index contributed by atoms with van der Waals surface area (Å²) < 4.78 is 13.9. The van der Waals surface area contributed by atoms with Gasteiger partial charge < -0.3 is 5.32 Å². The summed E-state index contributed by atoms with van der Waals surface area (Å²) in [6, 6.07) is 3.50. The maximum Gasteiger partial charge on any atom is 0.295 e. The first-order chi connectivity index (χ1) is 18.2. The molecule has 4 heterocycles. The van der Waals surface area contributed by atoms with Gasteiger partial charge in [0.25, 0.3) is 5.56 Å². The van der Waals surface area contributed by atoms with Crippen LogP contribution in [0, 0.1) is 12.8 Å². The van der Waals surface area contributed by atoms with Crippen LogP contribution in [0.15, 0.2) is 40.5 Å². The minimum atomic E-state index is -2.34. The van der Waals surface area contributed by atoms with Gasteiger partial charge in [-0.25, -0.2) is 24.9 Å². The number of pyridine rings is 1. The number of aromatic nitrogens is 7. The second-order valence-corrected chi connectivity index (χ2v) is 12.9. The number of aryl methyl sites for hydroxylation is 1. The molecule has 196 valence electrons. The molecule has 2 saturated carbocycles. The Kier molecular flexibility index (Phi) is 5.97. The van der Waals surface area contributed by atoms with Gasteiger partial charge in [0.15, 0.2) is 17.3 Å². The lowest BCUT2D eigenvalue weighted by Gasteiger charge is -2.19. The van der Waals surface area contributed by atoms with E-state index in [0.29, 0.717) is 39.4 Å². The Morgan fingerprint density at radius 1 is 1.11 bits per heavy atom. The third kappa shape index (κ3) is 4.66. The lowest BCUT2D eigenvalue weighted by atomic mass is 10.1. The van der Waals surface area contributed by atoms with Gasteiger partial charge in [0.2, 0.25) is 0 Å². The lowest BCUT2D eigenvalue weighted by Crippen LogP contribution is -2.29. The van der Waals surface area contributed by atoms with Crippen molar-refractivity contribution in [3.63, 3.8) is 0 Å². The van der Waals surface area contributed by atoms with Gasteiger partial charge in [-0.05, 0) is 73.0 Å². The maximum atomic E-state index is 13.7. The van der Waals surface area contributed by atoms with Crippen molar-refractivity contribution >= 4 is 32.4 Å². The van der Waals surface area contributed by atoms with Gasteiger partial charge >= 0.3 is 0 Å². The number of nitrogens with zero attached hydrogens (tertiary/aromatic N) is 7. The van der Waals surface area contributed by atoms with Crippen molar-refractivity contribution in [3.8, 4) is 11.4 Å². The molecule has 1 unspecified atom stereocenters. The molecular formula is C27H30N8O2S. The normalized spacial score (nSPS) is 17.8. The van der Waals surface area contributed by atoms with Crippen molar-refractivity contribution in [3.05, 3.63) is 58.3 Å². The van der Waals surface area contributed by atoms with E-state index in [1.165, 1.54) is 0 Å². The van der Waals surface area contributed by atoms with Gasteiger partial charge in [0.05, 0.1) is 35.4 Å². The number of rotatable bonds is 8. The maximum absolute atomic E-state index is 13.7. The van der Waals surface area contributed by atoms with Crippen LogP contribution in [0.5, 0.6) is 0 Å². The van der Waals surface area contributed by atoms with Crippen molar-refractivity contribution in [2.45, 2.75) is 62.9 Å². The molecular weight excluding hydrogens is 500 g/mol. The Morgan fingerprint density at radius 2 is 1.89 bits per heavy atom. The molecule has 0 aromatic carbocycles. The van der Waals surface area contributed by atoms with E-state index in [1.54, 1.807) is 41.7 Å². The molecule has 38 heavy (non-hydrogen) atoms. The van der Waals surface area contributed by atoms with E-state index in [4.69, 9.17) is 4.98 Å². The van der Waals surface area contributed by atoms with Crippen LogP contribution in [-0.2, 0) is 16.1 Å². The molecule has 4 aromatic heterocycles.